The van der Waals surface area contributed by atoms with Crippen LogP contribution in [0.3, 0.4) is 0 Å². The summed E-state index contributed by atoms with van der Waals surface area (Å²) >= 11 is 5.47. The molecule has 0 unspecified atom stereocenters. The molecule has 0 radical (unpaired) electrons. The van der Waals surface area contributed by atoms with E-state index in [1.165, 1.54) is 0 Å². The van der Waals surface area contributed by atoms with Gasteiger partial charge in [0.05, 0.1) is 18.0 Å². The van der Waals surface area contributed by atoms with Crippen LogP contribution in [-0.4, -0.2) is 35.6 Å². The van der Waals surface area contributed by atoms with Gasteiger partial charge < -0.3 is 5.11 Å². The smallest absolute Gasteiger partial charge is 0.243 e. The molecular formula is C9H12ClN3O3S. The number of hydrogen-bond donors (Lipinski definition) is 2. The normalized spacial score (nSPS) is 18.7. The Kier molecular flexibility index (Phi) is 3.35. The van der Waals surface area contributed by atoms with Crippen molar-refractivity contribution in [2.75, 3.05) is 6.54 Å². The van der Waals surface area contributed by atoms with Gasteiger partial charge in [0.2, 0.25) is 15.3 Å². The molecule has 0 saturated heterocycles. The van der Waals surface area contributed by atoms with Gasteiger partial charge in [-0.05, 0) is 30.9 Å². The van der Waals surface area contributed by atoms with Gasteiger partial charge in [-0.2, -0.15) is 0 Å². The van der Waals surface area contributed by atoms with Crippen LogP contribution >= 0.6 is 11.6 Å². The number of nitrogens with one attached hydrogen (secondary N) is 1. The minimum absolute atomic E-state index is 0.0119. The third kappa shape index (κ3) is 2.92. The van der Waals surface area contributed by atoms with Gasteiger partial charge in [-0.3, -0.25) is 0 Å². The molecule has 0 spiro atoms. The fourth-order valence-electron chi connectivity index (χ4n) is 1.51. The summed E-state index contributed by atoms with van der Waals surface area (Å²) in [5.74, 6) is 0. The first kappa shape index (κ1) is 12.7. The van der Waals surface area contributed by atoms with E-state index in [9.17, 15) is 13.5 Å². The predicted molar refractivity (Wildman–Crippen MR) is 61.0 cm³/mol. The summed E-state index contributed by atoms with van der Waals surface area (Å²) in [6.07, 6.45) is 4.41. The van der Waals surface area contributed by atoms with Gasteiger partial charge >= 0.3 is 0 Å². The Hall–Kier alpha value is -0.760. The number of nitrogens with zero attached hydrogens (tertiary/aromatic N) is 2. The maximum absolute atomic E-state index is 11.8. The lowest BCUT2D eigenvalue weighted by Crippen LogP contribution is -2.47. The fourth-order valence-corrected chi connectivity index (χ4v) is 2.62. The molecule has 1 saturated carbocycles. The van der Waals surface area contributed by atoms with E-state index in [1.54, 1.807) is 0 Å². The summed E-state index contributed by atoms with van der Waals surface area (Å²) in [5.41, 5.74) is -0.902. The standard InChI is InChI=1S/C9H12ClN3O3S/c10-8-11-4-7(5-12-8)17(15,16)13-6-9(14)2-1-3-9/h4-5,13-14H,1-3,6H2. The second-order valence-corrected chi connectivity index (χ2v) is 6.20. The quantitative estimate of drug-likeness (QED) is 0.774. The summed E-state index contributed by atoms with van der Waals surface area (Å²) in [6.45, 7) is 0.0119. The molecule has 0 atom stereocenters. The number of sulfonamides is 1. The SMILES string of the molecule is O=S(=O)(NCC1(O)CCC1)c1cnc(Cl)nc1. The lowest BCUT2D eigenvalue weighted by Gasteiger charge is -2.36. The highest BCUT2D eigenvalue weighted by atomic mass is 35.5. The first-order chi connectivity index (χ1) is 7.91. The zero-order valence-electron chi connectivity index (χ0n) is 8.93. The zero-order valence-corrected chi connectivity index (χ0v) is 10.5. The van der Waals surface area contributed by atoms with Gasteiger partial charge in [-0.1, -0.05) is 0 Å². The zero-order chi connectivity index (χ0) is 12.5. The molecule has 2 N–H and O–H groups in total. The lowest BCUT2D eigenvalue weighted by atomic mass is 9.81. The molecule has 0 amide bonds. The maximum atomic E-state index is 11.8. The number of halogens is 1. The van der Waals surface area contributed by atoms with Crippen LogP contribution in [0.25, 0.3) is 0 Å². The van der Waals surface area contributed by atoms with Crippen molar-refractivity contribution < 1.29 is 13.5 Å². The molecular weight excluding hydrogens is 266 g/mol. The van der Waals surface area contributed by atoms with E-state index in [2.05, 4.69) is 14.7 Å². The first-order valence-corrected chi connectivity index (χ1v) is 6.97. The Morgan fingerprint density at radius 1 is 1.41 bits per heavy atom. The molecule has 1 heterocycles. The Morgan fingerprint density at radius 2 is 2.00 bits per heavy atom. The van der Waals surface area contributed by atoms with E-state index in [0.717, 1.165) is 18.8 Å². The summed E-state index contributed by atoms with van der Waals surface area (Å²) in [6, 6.07) is 0. The Bertz CT molecular complexity index is 499. The summed E-state index contributed by atoms with van der Waals surface area (Å²) in [4.78, 5) is 7.13. The molecule has 1 aromatic rings. The highest BCUT2D eigenvalue weighted by Crippen LogP contribution is 2.30. The molecule has 1 aromatic heterocycles. The van der Waals surface area contributed by atoms with Crippen LogP contribution in [0.5, 0.6) is 0 Å². The van der Waals surface area contributed by atoms with Gasteiger partial charge in [-0.25, -0.2) is 23.1 Å². The molecule has 1 fully saturated rings. The van der Waals surface area contributed by atoms with E-state index >= 15 is 0 Å². The van der Waals surface area contributed by atoms with E-state index in [0.29, 0.717) is 12.8 Å². The van der Waals surface area contributed by atoms with Gasteiger partial charge in [0.15, 0.2) is 0 Å². The second kappa shape index (κ2) is 4.49. The van der Waals surface area contributed by atoms with Crippen LogP contribution in [0.4, 0.5) is 0 Å². The molecule has 0 bridgehead atoms. The van der Waals surface area contributed by atoms with Gasteiger partial charge in [0.25, 0.3) is 0 Å². The number of rotatable bonds is 4. The monoisotopic (exact) mass is 277 g/mol. The Labute approximate surface area is 104 Å². The van der Waals surface area contributed by atoms with Crippen LogP contribution in [0.2, 0.25) is 5.28 Å². The van der Waals surface area contributed by atoms with Crippen LogP contribution in [0.1, 0.15) is 19.3 Å². The molecule has 8 heteroatoms. The van der Waals surface area contributed by atoms with E-state index in [1.807, 2.05) is 0 Å². The van der Waals surface area contributed by atoms with Crippen molar-refractivity contribution >= 4 is 21.6 Å². The minimum atomic E-state index is -3.68. The third-order valence-corrected chi connectivity index (χ3v) is 4.33. The molecule has 1 aliphatic rings. The molecule has 2 rings (SSSR count). The molecule has 94 valence electrons. The van der Waals surface area contributed by atoms with Crippen LogP contribution in [-0.2, 0) is 10.0 Å². The van der Waals surface area contributed by atoms with Crippen molar-refractivity contribution in [3.63, 3.8) is 0 Å². The van der Waals surface area contributed by atoms with Crippen molar-refractivity contribution in [3.05, 3.63) is 17.7 Å². The predicted octanol–water partition coefficient (Wildman–Crippen LogP) is 0.323. The molecule has 0 aliphatic heterocycles. The van der Waals surface area contributed by atoms with Crippen molar-refractivity contribution in [1.29, 1.82) is 0 Å². The number of aliphatic hydroxyl groups is 1. The van der Waals surface area contributed by atoms with Crippen molar-refractivity contribution in [1.82, 2.24) is 14.7 Å². The van der Waals surface area contributed by atoms with Gasteiger partial charge in [-0.15, -0.1) is 0 Å². The van der Waals surface area contributed by atoms with Crippen LogP contribution < -0.4 is 4.72 Å². The van der Waals surface area contributed by atoms with Gasteiger partial charge in [0.1, 0.15) is 4.90 Å². The minimum Gasteiger partial charge on any atom is -0.389 e. The van der Waals surface area contributed by atoms with Crippen molar-refractivity contribution in [3.8, 4) is 0 Å². The summed E-state index contributed by atoms with van der Waals surface area (Å²) < 4.78 is 25.9. The lowest BCUT2D eigenvalue weighted by molar-refractivity contribution is -0.0270. The highest BCUT2D eigenvalue weighted by molar-refractivity contribution is 7.89. The average Bonchev–Trinajstić information content (AvgIpc) is 2.24. The highest BCUT2D eigenvalue weighted by Gasteiger charge is 2.35. The van der Waals surface area contributed by atoms with Gasteiger partial charge in [0, 0.05) is 6.54 Å². The second-order valence-electron chi connectivity index (χ2n) is 4.09. The number of aromatic nitrogens is 2. The third-order valence-electron chi connectivity index (χ3n) is 2.78. The van der Waals surface area contributed by atoms with Crippen molar-refractivity contribution in [2.45, 2.75) is 29.8 Å². The Balaban J connectivity index is 2.06. The largest absolute Gasteiger partial charge is 0.389 e. The number of hydrogen-bond acceptors (Lipinski definition) is 5. The van der Waals surface area contributed by atoms with Crippen LogP contribution in [0, 0.1) is 0 Å². The molecule has 0 aromatic carbocycles. The summed E-state index contributed by atoms with van der Waals surface area (Å²) in [5, 5.41) is 9.77. The van der Waals surface area contributed by atoms with E-state index in [-0.39, 0.29) is 16.7 Å². The van der Waals surface area contributed by atoms with Crippen molar-refractivity contribution in [2.24, 2.45) is 0 Å². The molecule has 6 nitrogen and oxygen atoms in total. The molecule has 17 heavy (non-hydrogen) atoms. The Morgan fingerprint density at radius 3 is 2.47 bits per heavy atom. The summed E-state index contributed by atoms with van der Waals surface area (Å²) in [7, 11) is -3.68. The topological polar surface area (TPSA) is 92.2 Å². The fraction of sp³-hybridized carbons (Fsp3) is 0.556. The first-order valence-electron chi connectivity index (χ1n) is 5.11. The maximum Gasteiger partial charge on any atom is 0.243 e. The molecule has 1 aliphatic carbocycles. The van der Waals surface area contributed by atoms with E-state index < -0.39 is 15.6 Å². The van der Waals surface area contributed by atoms with Crippen LogP contribution in [0.15, 0.2) is 17.3 Å². The van der Waals surface area contributed by atoms with E-state index in [4.69, 9.17) is 11.6 Å². The average molecular weight is 278 g/mol.